The number of carbonyl (C=O) groups excluding carboxylic acids is 1. The number of carbonyl (C=O) groups is 2. The van der Waals surface area contributed by atoms with Crippen molar-refractivity contribution in [1.82, 2.24) is 4.98 Å². The van der Waals surface area contributed by atoms with Gasteiger partial charge in [-0.2, -0.15) is 0 Å². The van der Waals surface area contributed by atoms with E-state index in [1.165, 1.54) is 23.0 Å². The molecule has 0 aliphatic rings. The summed E-state index contributed by atoms with van der Waals surface area (Å²) in [5.74, 6) is -1.10. The Morgan fingerprint density at radius 3 is 2.61 bits per heavy atom. The number of anilines is 1. The van der Waals surface area contributed by atoms with Crippen LogP contribution in [0.1, 0.15) is 28.1 Å². The van der Waals surface area contributed by atoms with Crippen molar-refractivity contribution in [2.45, 2.75) is 26.7 Å². The molecule has 2 rings (SSSR count). The first-order chi connectivity index (χ1) is 10.9. The second-order valence-electron chi connectivity index (χ2n) is 5.15. The van der Waals surface area contributed by atoms with Gasteiger partial charge in [0.25, 0.3) is 0 Å². The summed E-state index contributed by atoms with van der Waals surface area (Å²) in [5.41, 5.74) is 2.87. The molecule has 1 amide bonds. The van der Waals surface area contributed by atoms with Crippen molar-refractivity contribution in [3.8, 4) is 0 Å². The number of aliphatic carboxylic acids is 1. The Morgan fingerprint density at radius 2 is 1.96 bits per heavy atom. The van der Waals surface area contributed by atoms with E-state index in [2.05, 4.69) is 10.3 Å². The van der Waals surface area contributed by atoms with Gasteiger partial charge in [-0.1, -0.05) is 29.8 Å². The van der Waals surface area contributed by atoms with E-state index in [9.17, 15) is 9.59 Å². The molecule has 0 radical (unpaired) electrons. The molecule has 2 aromatic rings. The van der Waals surface area contributed by atoms with Crippen LogP contribution in [0.5, 0.6) is 0 Å². The van der Waals surface area contributed by atoms with Crippen molar-refractivity contribution in [2.24, 2.45) is 0 Å². The van der Waals surface area contributed by atoms with Crippen LogP contribution in [0.25, 0.3) is 6.08 Å². The molecule has 0 aliphatic carbocycles. The summed E-state index contributed by atoms with van der Waals surface area (Å²) in [6.07, 6.45) is 3.68. The summed E-state index contributed by atoms with van der Waals surface area (Å²) >= 11 is 1.31. The third-order valence-corrected chi connectivity index (χ3v) is 4.33. The van der Waals surface area contributed by atoms with Crippen molar-refractivity contribution in [3.05, 3.63) is 52.0 Å². The quantitative estimate of drug-likeness (QED) is 0.795. The number of nitrogens with zero attached hydrogens (tertiary/aromatic N) is 1. The number of rotatable bonds is 6. The van der Waals surface area contributed by atoms with E-state index in [1.807, 2.05) is 38.1 Å². The van der Waals surface area contributed by atoms with Gasteiger partial charge >= 0.3 is 5.97 Å². The molecule has 0 spiro atoms. The van der Waals surface area contributed by atoms with E-state index in [1.54, 1.807) is 6.08 Å². The minimum absolute atomic E-state index is 0.0593. The lowest BCUT2D eigenvalue weighted by Gasteiger charge is -1.97. The van der Waals surface area contributed by atoms with Crippen LogP contribution in [0.2, 0.25) is 0 Å². The molecule has 120 valence electrons. The van der Waals surface area contributed by atoms with Crippen LogP contribution >= 0.6 is 11.3 Å². The Bertz CT molecular complexity index is 733. The molecule has 0 saturated carbocycles. The Hall–Kier alpha value is -2.47. The Labute approximate surface area is 138 Å². The zero-order valence-corrected chi connectivity index (χ0v) is 13.8. The topological polar surface area (TPSA) is 79.3 Å². The molecule has 1 heterocycles. The SMILES string of the molecule is Cc1ccc(/C=C/C(=O)Nc2nc(C)c(CCC(=O)O)s2)cc1. The average molecular weight is 330 g/mol. The van der Waals surface area contributed by atoms with Gasteiger partial charge in [-0.25, -0.2) is 4.98 Å². The van der Waals surface area contributed by atoms with Crippen LogP contribution < -0.4 is 5.32 Å². The van der Waals surface area contributed by atoms with Gasteiger partial charge in [0, 0.05) is 11.0 Å². The maximum atomic E-state index is 11.9. The second kappa shape index (κ2) is 7.69. The van der Waals surface area contributed by atoms with Crippen molar-refractivity contribution < 1.29 is 14.7 Å². The number of aromatic nitrogens is 1. The minimum atomic E-state index is -0.843. The Kier molecular flexibility index (Phi) is 5.65. The molecule has 0 bridgehead atoms. The number of hydrogen-bond donors (Lipinski definition) is 2. The maximum Gasteiger partial charge on any atom is 0.303 e. The Balaban J connectivity index is 1.96. The number of nitrogens with one attached hydrogen (secondary N) is 1. The number of amides is 1. The predicted octanol–water partition coefficient (Wildman–Crippen LogP) is 3.43. The number of carboxylic acid groups (broad SMARTS) is 1. The summed E-state index contributed by atoms with van der Waals surface area (Å²) in [7, 11) is 0. The summed E-state index contributed by atoms with van der Waals surface area (Å²) < 4.78 is 0. The standard InChI is InChI=1S/C17H18N2O3S/c1-11-3-5-13(6-4-11)7-9-15(20)19-17-18-12(2)14(23-17)8-10-16(21)22/h3-7,9H,8,10H2,1-2H3,(H,21,22)(H,18,19,20)/b9-7+. The highest BCUT2D eigenvalue weighted by molar-refractivity contribution is 7.15. The molecule has 0 atom stereocenters. The van der Waals surface area contributed by atoms with E-state index >= 15 is 0 Å². The lowest BCUT2D eigenvalue weighted by Crippen LogP contribution is -2.07. The fourth-order valence-electron chi connectivity index (χ4n) is 1.93. The first kappa shape index (κ1) is 16.9. The Morgan fingerprint density at radius 1 is 1.26 bits per heavy atom. The van der Waals surface area contributed by atoms with Gasteiger partial charge in [0.15, 0.2) is 5.13 Å². The molecule has 5 nitrogen and oxygen atoms in total. The van der Waals surface area contributed by atoms with Crippen LogP contribution in [0.4, 0.5) is 5.13 Å². The third-order valence-electron chi connectivity index (χ3n) is 3.19. The second-order valence-corrected chi connectivity index (χ2v) is 6.24. The molecule has 0 saturated heterocycles. The van der Waals surface area contributed by atoms with Gasteiger partial charge in [0.1, 0.15) is 0 Å². The number of benzene rings is 1. The fraction of sp³-hybridized carbons (Fsp3) is 0.235. The number of thiazole rings is 1. The number of hydrogen-bond acceptors (Lipinski definition) is 4. The summed E-state index contributed by atoms with van der Waals surface area (Å²) in [4.78, 5) is 27.7. The summed E-state index contributed by atoms with van der Waals surface area (Å²) in [6, 6.07) is 7.85. The highest BCUT2D eigenvalue weighted by Gasteiger charge is 2.10. The monoisotopic (exact) mass is 330 g/mol. The van der Waals surface area contributed by atoms with E-state index in [4.69, 9.17) is 5.11 Å². The molecule has 0 aliphatic heterocycles. The maximum absolute atomic E-state index is 11.9. The van der Waals surface area contributed by atoms with E-state index in [-0.39, 0.29) is 12.3 Å². The van der Waals surface area contributed by atoms with Crippen molar-refractivity contribution >= 4 is 34.4 Å². The molecule has 2 N–H and O–H groups in total. The van der Waals surface area contributed by atoms with Crippen LogP contribution in [-0.4, -0.2) is 22.0 Å². The third kappa shape index (κ3) is 5.34. The molecule has 23 heavy (non-hydrogen) atoms. The van der Waals surface area contributed by atoms with Crippen molar-refractivity contribution in [2.75, 3.05) is 5.32 Å². The molecule has 0 unspecified atom stereocenters. The van der Waals surface area contributed by atoms with E-state index in [0.29, 0.717) is 11.6 Å². The summed E-state index contributed by atoms with van der Waals surface area (Å²) in [5, 5.41) is 11.9. The van der Waals surface area contributed by atoms with Gasteiger partial charge in [0.2, 0.25) is 5.91 Å². The van der Waals surface area contributed by atoms with E-state index in [0.717, 1.165) is 16.1 Å². The highest BCUT2D eigenvalue weighted by Crippen LogP contribution is 2.23. The van der Waals surface area contributed by atoms with Gasteiger partial charge < -0.3 is 5.11 Å². The molecular formula is C17H18N2O3S. The predicted molar refractivity (Wildman–Crippen MR) is 91.7 cm³/mol. The highest BCUT2D eigenvalue weighted by atomic mass is 32.1. The number of carboxylic acids is 1. The normalized spacial score (nSPS) is 10.9. The van der Waals surface area contributed by atoms with Crippen molar-refractivity contribution in [1.29, 1.82) is 0 Å². The summed E-state index contributed by atoms with van der Waals surface area (Å²) in [6.45, 7) is 3.82. The first-order valence-electron chi connectivity index (χ1n) is 7.18. The molecular weight excluding hydrogens is 312 g/mol. The first-order valence-corrected chi connectivity index (χ1v) is 7.99. The number of aryl methyl sites for hydroxylation is 3. The molecule has 1 aromatic carbocycles. The van der Waals surface area contributed by atoms with E-state index < -0.39 is 5.97 Å². The molecule has 0 fully saturated rings. The van der Waals surface area contributed by atoms with Gasteiger partial charge in [-0.15, -0.1) is 11.3 Å². The fourth-order valence-corrected chi connectivity index (χ4v) is 2.90. The van der Waals surface area contributed by atoms with Crippen LogP contribution in [0.3, 0.4) is 0 Å². The van der Waals surface area contributed by atoms with Gasteiger partial charge in [0.05, 0.1) is 12.1 Å². The zero-order chi connectivity index (χ0) is 16.8. The lowest BCUT2D eigenvalue weighted by molar-refractivity contribution is -0.136. The van der Waals surface area contributed by atoms with Crippen molar-refractivity contribution in [3.63, 3.8) is 0 Å². The lowest BCUT2D eigenvalue weighted by atomic mass is 10.1. The minimum Gasteiger partial charge on any atom is -0.481 e. The van der Waals surface area contributed by atoms with Gasteiger partial charge in [-0.05, 0) is 31.9 Å². The van der Waals surface area contributed by atoms with Crippen LogP contribution in [0.15, 0.2) is 30.3 Å². The van der Waals surface area contributed by atoms with Gasteiger partial charge in [-0.3, -0.25) is 14.9 Å². The smallest absolute Gasteiger partial charge is 0.303 e. The average Bonchev–Trinajstić information content (AvgIpc) is 2.84. The van der Waals surface area contributed by atoms with Crippen LogP contribution in [-0.2, 0) is 16.0 Å². The largest absolute Gasteiger partial charge is 0.481 e. The van der Waals surface area contributed by atoms with Crippen LogP contribution in [0, 0.1) is 13.8 Å². The molecule has 1 aromatic heterocycles. The zero-order valence-electron chi connectivity index (χ0n) is 13.0. The molecule has 6 heteroatoms.